The monoisotopic (exact) mass is 353 g/mol. The van der Waals surface area contributed by atoms with Gasteiger partial charge in [0.1, 0.15) is 11.1 Å². The zero-order chi connectivity index (χ0) is 18.6. The maximum atomic E-state index is 12.7. The van der Waals surface area contributed by atoms with Crippen LogP contribution in [0.2, 0.25) is 0 Å². The van der Waals surface area contributed by atoms with Crippen LogP contribution in [0.15, 0.2) is 29.3 Å². The number of aryl methyl sites for hydroxylation is 3. The molecule has 0 radical (unpaired) electrons. The zero-order valence-electron chi connectivity index (χ0n) is 15.3. The molecule has 0 aliphatic heterocycles. The first kappa shape index (κ1) is 19.0. The van der Waals surface area contributed by atoms with Crippen LogP contribution in [0, 0.1) is 39.0 Å². The van der Waals surface area contributed by atoms with Crippen molar-refractivity contribution in [3.05, 3.63) is 52.2 Å². The first-order chi connectivity index (χ1) is 11.9. The highest BCUT2D eigenvalue weighted by Gasteiger charge is 2.22. The number of carbonyl (C=O) groups is 1. The third-order valence-electron chi connectivity index (χ3n) is 4.20. The number of anilines is 1. The fourth-order valence-corrected chi connectivity index (χ4v) is 3.70. The molecule has 4 nitrogen and oxygen atoms in total. The molecule has 25 heavy (non-hydrogen) atoms. The van der Waals surface area contributed by atoms with Gasteiger partial charge in [0, 0.05) is 11.4 Å². The van der Waals surface area contributed by atoms with E-state index in [-0.39, 0.29) is 11.2 Å². The standard InChI is InChI=1S/C20H23N3OS/c1-6-18(19(24)23-17-9-7-8-12(2)15(17)5)25-20-16(11-21)13(3)10-14(4)22-20/h7-10,18H,6H2,1-5H3,(H,23,24). The molecule has 0 bridgehead atoms. The Morgan fingerprint density at radius 3 is 2.64 bits per heavy atom. The number of nitriles is 1. The van der Waals surface area contributed by atoms with Crippen LogP contribution in [0.4, 0.5) is 5.69 Å². The minimum absolute atomic E-state index is 0.0638. The molecule has 0 aliphatic rings. The second-order valence-corrected chi connectivity index (χ2v) is 7.32. The van der Waals surface area contributed by atoms with Crippen molar-refractivity contribution < 1.29 is 4.79 Å². The smallest absolute Gasteiger partial charge is 0.237 e. The molecule has 0 fully saturated rings. The van der Waals surface area contributed by atoms with Crippen molar-refractivity contribution in [1.29, 1.82) is 5.26 Å². The number of rotatable bonds is 5. The van der Waals surface area contributed by atoms with Crippen molar-refractivity contribution in [3.63, 3.8) is 0 Å². The minimum atomic E-state index is -0.305. The van der Waals surface area contributed by atoms with Gasteiger partial charge in [-0.3, -0.25) is 4.79 Å². The van der Waals surface area contributed by atoms with Crippen molar-refractivity contribution >= 4 is 23.4 Å². The summed E-state index contributed by atoms with van der Waals surface area (Å²) in [6, 6.07) is 9.97. The van der Waals surface area contributed by atoms with Crippen LogP contribution in [-0.2, 0) is 4.79 Å². The SMILES string of the molecule is CCC(Sc1nc(C)cc(C)c1C#N)C(=O)Nc1cccc(C)c1C. The number of aromatic nitrogens is 1. The normalized spacial score (nSPS) is 11.7. The summed E-state index contributed by atoms with van der Waals surface area (Å²) in [7, 11) is 0. The van der Waals surface area contributed by atoms with Crippen LogP contribution in [0.5, 0.6) is 0 Å². The van der Waals surface area contributed by atoms with Gasteiger partial charge < -0.3 is 5.32 Å². The van der Waals surface area contributed by atoms with Gasteiger partial charge in [-0.25, -0.2) is 4.98 Å². The third kappa shape index (κ3) is 4.40. The first-order valence-electron chi connectivity index (χ1n) is 8.29. The van der Waals surface area contributed by atoms with Crippen molar-refractivity contribution in [2.45, 2.75) is 51.3 Å². The highest BCUT2D eigenvalue weighted by molar-refractivity contribution is 8.00. The Balaban J connectivity index is 2.25. The Hall–Kier alpha value is -2.32. The van der Waals surface area contributed by atoms with Crippen LogP contribution in [0.1, 0.15) is 41.3 Å². The van der Waals surface area contributed by atoms with Crippen LogP contribution in [0.25, 0.3) is 0 Å². The van der Waals surface area contributed by atoms with Crippen LogP contribution >= 0.6 is 11.8 Å². The predicted molar refractivity (Wildman–Crippen MR) is 103 cm³/mol. The Labute approximate surface area is 153 Å². The molecule has 1 aromatic heterocycles. The summed E-state index contributed by atoms with van der Waals surface area (Å²) in [6.45, 7) is 9.78. The van der Waals surface area contributed by atoms with Gasteiger partial charge in [0.25, 0.3) is 0 Å². The lowest BCUT2D eigenvalue weighted by atomic mass is 10.1. The number of pyridine rings is 1. The molecule has 5 heteroatoms. The van der Waals surface area contributed by atoms with Crippen LogP contribution in [-0.4, -0.2) is 16.1 Å². The molecule has 2 rings (SSSR count). The van der Waals surface area contributed by atoms with E-state index in [0.717, 1.165) is 28.1 Å². The zero-order valence-corrected chi connectivity index (χ0v) is 16.1. The molecule has 0 spiro atoms. The molecule has 130 valence electrons. The van der Waals surface area contributed by atoms with Crippen LogP contribution < -0.4 is 5.32 Å². The summed E-state index contributed by atoms with van der Waals surface area (Å²) in [6.07, 6.45) is 0.654. The van der Waals surface area contributed by atoms with E-state index in [9.17, 15) is 10.1 Å². The van der Waals surface area contributed by atoms with Gasteiger partial charge in [-0.05, 0) is 62.9 Å². The molecule has 0 saturated carbocycles. The summed E-state index contributed by atoms with van der Waals surface area (Å²) >= 11 is 1.36. The number of benzene rings is 1. The largest absolute Gasteiger partial charge is 0.325 e. The van der Waals surface area contributed by atoms with E-state index in [2.05, 4.69) is 16.4 Å². The quantitative estimate of drug-likeness (QED) is 0.792. The highest BCUT2D eigenvalue weighted by atomic mass is 32.2. The van der Waals surface area contributed by atoms with Crippen molar-refractivity contribution in [2.75, 3.05) is 5.32 Å². The third-order valence-corrected chi connectivity index (χ3v) is 5.55. The van der Waals surface area contributed by atoms with E-state index in [1.54, 1.807) is 0 Å². The summed E-state index contributed by atoms with van der Waals surface area (Å²) in [4.78, 5) is 17.2. The van der Waals surface area contributed by atoms with E-state index in [1.165, 1.54) is 11.8 Å². The number of hydrogen-bond donors (Lipinski definition) is 1. The Bertz CT molecular complexity index is 840. The molecule has 0 aliphatic carbocycles. The summed E-state index contributed by atoms with van der Waals surface area (Å²) in [5, 5.41) is 12.8. The van der Waals surface area contributed by atoms with Crippen LogP contribution in [0.3, 0.4) is 0 Å². The van der Waals surface area contributed by atoms with E-state index >= 15 is 0 Å². The lowest BCUT2D eigenvalue weighted by Crippen LogP contribution is -2.25. The fourth-order valence-electron chi connectivity index (χ4n) is 2.58. The molecule has 2 aromatic rings. The molecular weight excluding hydrogens is 330 g/mol. The predicted octanol–water partition coefficient (Wildman–Crippen LogP) is 4.70. The second-order valence-electron chi connectivity index (χ2n) is 6.12. The maximum Gasteiger partial charge on any atom is 0.237 e. The van der Waals surface area contributed by atoms with Gasteiger partial charge in [0.2, 0.25) is 5.91 Å². The maximum absolute atomic E-state index is 12.7. The van der Waals surface area contributed by atoms with Crippen molar-refractivity contribution in [2.24, 2.45) is 0 Å². The molecule has 0 saturated heterocycles. The molecule has 1 aromatic carbocycles. The molecule has 1 atom stereocenters. The van der Waals surface area contributed by atoms with Gasteiger partial charge in [0.05, 0.1) is 10.8 Å². The highest BCUT2D eigenvalue weighted by Crippen LogP contribution is 2.30. The lowest BCUT2D eigenvalue weighted by molar-refractivity contribution is -0.115. The molecule has 1 amide bonds. The van der Waals surface area contributed by atoms with E-state index in [0.29, 0.717) is 17.0 Å². The molecule has 1 unspecified atom stereocenters. The van der Waals surface area contributed by atoms with Gasteiger partial charge in [0.15, 0.2) is 0 Å². The number of nitrogens with zero attached hydrogens (tertiary/aromatic N) is 2. The Kier molecular flexibility index (Phi) is 6.22. The number of carbonyl (C=O) groups excluding carboxylic acids is 1. The minimum Gasteiger partial charge on any atom is -0.325 e. The topological polar surface area (TPSA) is 65.8 Å². The first-order valence-corrected chi connectivity index (χ1v) is 9.17. The number of thioether (sulfide) groups is 1. The molecule has 1 N–H and O–H groups in total. The molecule has 1 heterocycles. The Morgan fingerprint density at radius 1 is 1.28 bits per heavy atom. The number of hydrogen-bond acceptors (Lipinski definition) is 4. The summed E-state index contributed by atoms with van der Waals surface area (Å²) in [5.74, 6) is -0.0638. The number of amides is 1. The van der Waals surface area contributed by atoms with Gasteiger partial charge in [-0.15, -0.1) is 0 Å². The van der Waals surface area contributed by atoms with E-state index in [4.69, 9.17) is 0 Å². The van der Waals surface area contributed by atoms with Crippen molar-refractivity contribution in [1.82, 2.24) is 4.98 Å². The second kappa shape index (κ2) is 8.17. The average molecular weight is 353 g/mol. The molecular formula is C20H23N3OS. The Morgan fingerprint density at radius 2 is 2.00 bits per heavy atom. The fraction of sp³-hybridized carbons (Fsp3) is 0.350. The summed E-state index contributed by atoms with van der Waals surface area (Å²) < 4.78 is 0. The number of nitrogens with one attached hydrogen (secondary N) is 1. The van der Waals surface area contributed by atoms with E-state index in [1.807, 2.05) is 58.9 Å². The van der Waals surface area contributed by atoms with Gasteiger partial charge in [-0.1, -0.05) is 30.8 Å². The van der Waals surface area contributed by atoms with Gasteiger partial charge >= 0.3 is 0 Å². The average Bonchev–Trinajstić information content (AvgIpc) is 2.56. The van der Waals surface area contributed by atoms with Gasteiger partial charge in [-0.2, -0.15) is 5.26 Å². The van der Waals surface area contributed by atoms with E-state index < -0.39 is 0 Å². The lowest BCUT2D eigenvalue weighted by Gasteiger charge is -2.17. The summed E-state index contributed by atoms with van der Waals surface area (Å²) in [5.41, 5.74) is 5.33. The van der Waals surface area contributed by atoms with Crippen molar-refractivity contribution in [3.8, 4) is 6.07 Å².